The third-order valence-corrected chi connectivity index (χ3v) is 4.20. The number of nitrogens with zero attached hydrogens (tertiary/aromatic N) is 1. The number of hydrogen-bond acceptors (Lipinski definition) is 3. The first-order valence-electron chi connectivity index (χ1n) is 8.40. The monoisotopic (exact) mass is 318 g/mol. The lowest BCUT2D eigenvalue weighted by Crippen LogP contribution is -2.46. The Morgan fingerprint density at radius 1 is 1.26 bits per heavy atom. The van der Waals surface area contributed by atoms with E-state index in [1.807, 2.05) is 31.2 Å². The van der Waals surface area contributed by atoms with Crippen LogP contribution >= 0.6 is 0 Å². The highest BCUT2D eigenvalue weighted by atomic mass is 16.6. The number of amides is 2. The maximum Gasteiger partial charge on any atom is 0.409 e. The zero-order valence-electron chi connectivity index (χ0n) is 14.0. The predicted octanol–water partition coefficient (Wildman–Crippen LogP) is 3.13. The molecule has 0 atom stereocenters. The summed E-state index contributed by atoms with van der Waals surface area (Å²) in [6.07, 6.45) is 3.21. The van der Waals surface area contributed by atoms with E-state index in [2.05, 4.69) is 12.2 Å². The molecule has 0 aliphatic carbocycles. The Kier molecular flexibility index (Phi) is 6.44. The topological polar surface area (TPSA) is 58.6 Å². The van der Waals surface area contributed by atoms with Crippen molar-refractivity contribution in [1.82, 2.24) is 10.2 Å². The first kappa shape index (κ1) is 17.3. The number of carbonyl (C=O) groups is 2. The van der Waals surface area contributed by atoms with Gasteiger partial charge in [0.25, 0.3) is 5.91 Å². The minimum atomic E-state index is -0.234. The summed E-state index contributed by atoms with van der Waals surface area (Å²) in [5.74, 6) is -0.0351. The second kappa shape index (κ2) is 8.56. The molecule has 1 aliphatic rings. The Morgan fingerprint density at radius 2 is 1.96 bits per heavy atom. The summed E-state index contributed by atoms with van der Waals surface area (Å²) in [5, 5.41) is 3.07. The standard InChI is InChI=1S/C18H26N2O3/c1-3-4-13-23-18(22)20-11-9-15(10-12-20)19-17(21)16-8-6-5-7-14(16)2/h5-8,15H,3-4,9-13H2,1-2H3,(H,19,21). The van der Waals surface area contributed by atoms with E-state index in [9.17, 15) is 9.59 Å². The van der Waals surface area contributed by atoms with Crippen LogP contribution in [0.15, 0.2) is 24.3 Å². The van der Waals surface area contributed by atoms with E-state index < -0.39 is 0 Å². The molecule has 5 nitrogen and oxygen atoms in total. The Labute approximate surface area is 138 Å². The summed E-state index contributed by atoms with van der Waals surface area (Å²) in [4.78, 5) is 25.9. The van der Waals surface area contributed by atoms with Crippen molar-refractivity contribution in [2.75, 3.05) is 19.7 Å². The molecule has 0 aromatic heterocycles. The summed E-state index contributed by atoms with van der Waals surface area (Å²) in [6, 6.07) is 7.68. The van der Waals surface area contributed by atoms with E-state index in [0.717, 1.165) is 31.2 Å². The molecular weight excluding hydrogens is 292 g/mol. The lowest BCUT2D eigenvalue weighted by molar-refractivity contribution is 0.0836. The largest absolute Gasteiger partial charge is 0.449 e. The van der Waals surface area contributed by atoms with E-state index >= 15 is 0 Å². The van der Waals surface area contributed by atoms with Crippen molar-refractivity contribution >= 4 is 12.0 Å². The molecule has 126 valence electrons. The van der Waals surface area contributed by atoms with Crippen molar-refractivity contribution in [1.29, 1.82) is 0 Å². The number of rotatable bonds is 5. The quantitative estimate of drug-likeness (QED) is 0.849. The van der Waals surface area contributed by atoms with Gasteiger partial charge in [0.1, 0.15) is 0 Å². The van der Waals surface area contributed by atoms with Crippen LogP contribution in [0.4, 0.5) is 4.79 Å². The van der Waals surface area contributed by atoms with Crippen LogP contribution in [0.3, 0.4) is 0 Å². The van der Waals surface area contributed by atoms with Crippen molar-refractivity contribution in [3.8, 4) is 0 Å². The lowest BCUT2D eigenvalue weighted by Gasteiger charge is -2.31. The SMILES string of the molecule is CCCCOC(=O)N1CCC(NC(=O)c2ccccc2C)CC1. The number of piperidine rings is 1. The summed E-state index contributed by atoms with van der Waals surface area (Å²) >= 11 is 0. The first-order valence-corrected chi connectivity index (χ1v) is 8.40. The number of aryl methyl sites for hydroxylation is 1. The number of unbranched alkanes of at least 4 members (excludes halogenated alkanes) is 1. The van der Waals surface area contributed by atoms with Crippen molar-refractivity contribution in [2.24, 2.45) is 0 Å². The van der Waals surface area contributed by atoms with Crippen molar-refractivity contribution in [2.45, 2.75) is 45.6 Å². The van der Waals surface area contributed by atoms with Gasteiger partial charge in [0.05, 0.1) is 6.61 Å². The highest BCUT2D eigenvalue weighted by Gasteiger charge is 2.25. The number of likely N-dealkylation sites (tertiary alicyclic amines) is 1. The molecular formula is C18H26N2O3. The van der Waals surface area contributed by atoms with Crippen LogP contribution in [-0.2, 0) is 4.74 Å². The number of benzene rings is 1. The highest BCUT2D eigenvalue weighted by Crippen LogP contribution is 2.14. The van der Waals surface area contributed by atoms with Gasteiger partial charge in [-0.05, 0) is 37.8 Å². The zero-order chi connectivity index (χ0) is 16.7. The van der Waals surface area contributed by atoms with E-state index in [1.54, 1.807) is 4.90 Å². The van der Waals surface area contributed by atoms with Crippen LogP contribution in [0, 0.1) is 6.92 Å². The maximum atomic E-state index is 12.3. The van der Waals surface area contributed by atoms with E-state index in [1.165, 1.54) is 0 Å². The maximum absolute atomic E-state index is 12.3. The Bertz CT molecular complexity index is 537. The number of nitrogens with one attached hydrogen (secondary N) is 1. The average molecular weight is 318 g/mol. The molecule has 0 radical (unpaired) electrons. The van der Waals surface area contributed by atoms with Crippen LogP contribution in [-0.4, -0.2) is 42.6 Å². The average Bonchev–Trinajstić information content (AvgIpc) is 2.56. The molecule has 1 aliphatic heterocycles. The first-order chi connectivity index (χ1) is 11.1. The van der Waals surface area contributed by atoms with Crippen molar-refractivity contribution < 1.29 is 14.3 Å². The van der Waals surface area contributed by atoms with Gasteiger partial charge < -0.3 is 15.0 Å². The molecule has 1 aromatic carbocycles. The van der Waals surface area contributed by atoms with Gasteiger partial charge in [0.2, 0.25) is 0 Å². The third-order valence-electron chi connectivity index (χ3n) is 4.20. The van der Waals surface area contributed by atoms with Gasteiger partial charge >= 0.3 is 6.09 Å². The van der Waals surface area contributed by atoms with Crippen LogP contribution in [0.25, 0.3) is 0 Å². The van der Waals surface area contributed by atoms with Gasteiger partial charge in [-0.15, -0.1) is 0 Å². The molecule has 0 saturated carbocycles. The van der Waals surface area contributed by atoms with Crippen LogP contribution < -0.4 is 5.32 Å². The Balaban J connectivity index is 1.77. The Hall–Kier alpha value is -2.04. The highest BCUT2D eigenvalue weighted by molar-refractivity contribution is 5.95. The fourth-order valence-corrected chi connectivity index (χ4v) is 2.69. The minimum absolute atomic E-state index is 0.0351. The summed E-state index contributed by atoms with van der Waals surface area (Å²) < 4.78 is 5.22. The minimum Gasteiger partial charge on any atom is -0.449 e. The second-order valence-corrected chi connectivity index (χ2v) is 6.02. The van der Waals surface area contributed by atoms with E-state index in [4.69, 9.17) is 4.74 Å². The fraction of sp³-hybridized carbons (Fsp3) is 0.556. The molecule has 0 unspecified atom stereocenters. The molecule has 1 N–H and O–H groups in total. The second-order valence-electron chi connectivity index (χ2n) is 6.02. The molecule has 23 heavy (non-hydrogen) atoms. The van der Waals surface area contributed by atoms with Gasteiger partial charge in [0.15, 0.2) is 0 Å². The Morgan fingerprint density at radius 3 is 2.61 bits per heavy atom. The van der Waals surface area contributed by atoms with Crippen LogP contribution in [0.1, 0.15) is 48.5 Å². The fourth-order valence-electron chi connectivity index (χ4n) is 2.69. The van der Waals surface area contributed by atoms with Crippen LogP contribution in [0.2, 0.25) is 0 Å². The molecule has 0 bridgehead atoms. The summed E-state index contributed by atoms with van der Waals surface area (Å²) in [6.45, 7) is 5.74. The van der Waals surface area contributed by atoms with Gasteiger partial charge in [-0.25, -0.2) is 4.79 Å². The van der Waals surface area contributed by atoms with E-state index in [-0.39, 0.29) is 18.0 Å². The van der Waals surface area contributed by atoms with Gasteiger partial charge in [-0.2, -0.15) is 0 Å². The summed E-state index contributed by atoms with van der Waals surface area (Å²) in [5.41, 5.74) is 1.69. The van der Waals surface area contributed by atoms with E-state index in [0.29, 0.717) is 25.3 Å². The summed E-state index contributed by atoms with van der Waals surface area (Å²) in [7, 11) is 0. The molecule has 1 heterocycles. The smallest absolute Gasteiger partial charge is 0.409 e. The molecule has 5 heteroatoms. The predicted molar refractivity (Wildman–Crippen MR) is 89.5 cm³/mol. The van der Waals surface area contributed by atoms with Gasteiger partial charge in [-0.3, -0.25) is 4.79 Å². The van der Waals surface area contributed by atoms with Gasteiger partial charge in [-0.1, -0.05) is 31.5 Å². The molecule has 0 spiro atoms. The number of carbonyl (C=O) groups excluding carboxylic acids is 2. The number of ether oxygens (including phenoxy) is 1. The molecule has 2 amide bonds. The van der Waals surface area contributed by atoms with Crippen LogP contribution in [0.5, 0.6) is 0 Å². The lowest BCUT2D eigenvalue weighted by atomic mass is 10.0. The van der Waals surface area contributed by atoms with Crippen molar-refractivity contribution in [3.05, 3.63) is 35.4 Å². The normalized spacial score (nSPS) is 15.3. The molecule has 2 rings (SSSR count). The van der Waals surface area contributed by atoms with Gasteiger partial charge in [0, 0.05) is 24.7 Å². The number of hydrogen-bond donors (Lipinski definition) is 1. The molecule has 1 fully saturated rings. The zero-order valence-corrected chi connectivity index (χ0v) is 14.0. The molecule has 1 aromatic rings. The third kappa shape index (κ3) is 4.98. The van der Waals surface area contributed by atoms with Crippen molar-refractivity contribution in [3.63, 3.8) is 0 Å². The molecule has 1 saturated heterocycles.